The lowest BCUT2D eigenvalue weighted by molar-refractivity contribution is 0.473. The highest BCUT2D eigenvalue weighted by Gasteiger charge is 2.01. The molecule has 1 aromatic rings. The second-order valence-electron chi connectivity index (χ2n) is 3.36. The Morgan fingerprint density at radius 1 is 1.71 bits per heavy atom. The summed E-state index contributed by atoms with van der Waals surface area (Å²) in [5, 5.41) is 8.05. The maximum absolute atomic E-state index is 5.65. The SMILES string of the molecule is C=C(Cl)CNC(C)CCn1cccn1. The lowest BCUT2D eigenvalue weighted by atomic mass is 10.2. The summed E-state index contributed by atoms with van der Waals surface area (Å²) in [4.78, 5) is 0. The van der Waals surface area contributed by atoms with Crippen LogP contribution in [0.1, 0.15) is 13.3 Å². The molecule has 0 aliphatic rings. The van der Waals surface area contributed by atoms with Crippen molar-refractivity contribution >= 4 is 11.6 Å². The Kier molecular flexibility index (Phi) is 4.70. The van der Waals surface area contributed by atoms with Crippen LogP contribution in [0.2, 0.25) is 0 Å². The summed E-state index contributed by atoms with van der Waals surface area (Å²) in [6, 6.07) is 2.35. The van der Waals surface area contributed by atoms with Gasteiger partial charge in [0.05, 0.1) is 0 Å². The Balaban J connectivity index is 2.15. The minimum atomic E-state index is 0.426. The number of hydrogen-bond acceptors (Lipinski definition) is 2. The molecular weight excluding hydrogens is 198 g/mol. The zero-order valence-electron chi connectivity index (χ0n) is 8.41. The Hall–Kier alpha value is -0.800. The van der Waals surface area contributed by atoms with Crippen LogP contribution in [-0.2, 0) is 6.54 Å². The van der Waals surface area contributed by atoms with Gasteiger partial charge in [0.1, 0.15) is 0 Å². The van der Waals surface area contributed by atoms with Gasteiger partial charge in [-0.15, -0.1) is 0 Å². The minimum Gasteiger partial charge on any atom is -0.309 e. The van der Waals surface area contributed by atoms with Crippen LogP contribution in [0, 0.1) is 0 Å². The molecule has 0 radical (unpaired) electrons. The molecule has 14 heavy (non-hydrogen) atoms. The summed E-state index contributed by atoms with van der Waals surface area (Å²) in [6.07, 6.45) is 4.79. The zero-order chi connectivity index (χ0) is 10.4. The molecule has 0 amide bonds. The molecule has 1 unspecified atom stereocenters. The van der Waals surface area contributed by atoms with Crippen molar-refractivity contribution in [2.45, 2.75) is 25.9 Å². The van der Waals surface area contributed by atoms with Crippen molar-refractivity contribution in [2.24, 2.45) is 0 Å². The summed E-state index contributed by atoms with van der Waals surface area (Å²) >= 11 is 5.65. The van der Waals surface area contributed by atoms with Crippen molar-refractivity contribution in [2.75, 3.05) is 6.54 Å². The smallest absolute Gasteiger partial charge is 0.0489 e. The van der Waals surface area contributed by atoms with Crippen LogP contribution in [0.5, 0.6) is 0 Å². The third-order valence-electron chi connectivity index (χ3n) is 1.99. The van der Waals surface area contributed by atoms with Crippen LogP contribution in [0.15, 0.2) is 30.1 Å². The van der Waals surface area contributed by atoms with E-state index in [4.69, 9.17) is 11.6 Å². The van der Waals surface area contributed by atoms with Crippen LogP contribution < -0.4 is 5.32 Å². The van der Waals surface area contributed by atoms with Crippen molar-refractivity contribution < 1.29 is 0 Å². The number of hydrogen-bond donors (Lipinski definition) is 1. The van der Waals surface area contributed by atoms with Crippen LogP contribution >= 0.6 is 11.6 Å². The zero-order valence-corrected chi connectivity index (χ0v) is 9.17. The average Bonchev–Trinajstić information content (AvgIpc) is 2.63. The molecule has 0 saturated carbocycles. The second-order valence-corrected chi connectivity index (χ2v) is 3.89. The molecule has 0 spiro atoms. The van der Waals surface area contributed by atoms with Gasteiger partial charge in [0, 0.05) is 36.6 Å². The first-order chi connectivity index (χ1) is 6.68. The summed E-state index contributed by atoms with van der Waals surface area (Å²) in [6.45, 7) is 7.35. The van der Waals surface area contributed by atoms with Gasteiger partial charge in [-0.2, -0.15) is 5.10 Å². The number of aryl methyl sites for hydroxylation is 1. The van der Waals surface area contributed by atoms with Gasteiger partial charge in [0.25, 0.3) is 0 Å². The lowest BCUT2D eigenvalue weighted by Gasteiger charge is -2.12. The van der Waals surface area contributed by atoms with E-state index in [1.54, 1.807) is 6.20 Å². The van der Waals surface area contributed by atoms with Crippen LogP contribution in [-0.4, -0.2) is 22.4 Å². The van der Waals surface area contributed by atoms with Gasteiger partial charge in [-0.3, -0.25) is 4.68 Å². The van der Waals surface area contributed by atoms with E-state index in [0.29, 0.717) is 17.6 Å². The monoisotopic (exact) mass is 213 g/mol. The van der Waals surface area contributed by atoms with E-state index in [2.05, 4.69) is 23.9 Å². The van der Waals surface area contributed by atoms with Crippen LogP contribution in [0.25, 0.3) is 0 Å². The number of aromatic nitrogens is 2. The maximum Gasteiger partial charge on any atom is 0.0489 e. The van der Waals surface area contributed by atoms with Gasteiger partial charge in [0.15, 0.2) is 0 Å². The number of nitrogens with zero attached hydrogens (tertiary/aromatic N) is 2. The molecule has 4 heteroatoms. The van der Waals surface area contributed by atoms with Gasteiger partial charge in [-0.25, -0.2) is 0 Å². The van der Waals surface area contributed by atoms with Crippen LogP contribution in [0.3, 0.4) is 0 Å². The summed E-state index contributed by atoms with van der Waals surface area (Å²) in [7, 11) is 0. The highest BCUT2D eigenvalue weighted by molar-refractivity contribution is 6.29. The molecule has 0 aliphatic heterocycles. The highest BCUT2D eigenvalue weighted by Crippen LogP contribution is 1.98. The Bertz CT molecular complexity index is 269. The van der Waals surface area contributed by atoms with Crippen molar-refractivity contribution in [1.82, 2.24) is 15.1 Å². The van der Waals surface area contributed by atoms with Gasteiger partial charge in [-0.05, 0) is 19.4 Å². The van der Waals surface area contributed by atoms with Crippen molar-refractivity contribution in [3.05, 3.63) is 30.1 Å². The molecule has 1 atom stereocenters. The molecule has 3 nitrogen and oxygen atoms in total. The number of rotatable bonds is 6. The molecule has 0 aromatic carbocycles. The molecule has 1 aromatic heterocycles. The van der Waals surface area contributed by atoms with E-state index in [0.717, 1.165) is 13.0 Å². The van der Waals surface area contributed by atoms with E-state index >= 15 is 0 Å². The molecule has 0 bridgehead atoms. The predicted molar refractivity (Wildman–Crippen MR) is 59.3 cm³/mol. The Morgan fingerprint density at radius 3 is 3.07 bits per heavy atom. The predicted octanol–water partition coefficient (Wildman–Crippen LogP) is 2.00. The van der Waals surface area contributed by atoms with E-state index in [9.17, 15) is 0 Å². The quantitative estimate of drug-likeness (QED) is 0.784. The van der Waals surface area contributed by atoms with Gasteiger partial charge in [-0.1, -0.05) is 18.2 Å². The standard InChI is InChI=1S/C10H16ClN3/c1-9(11)8-12-10(2)4-7-14-6-3-5-13-14/h3,5-6,10,12H,1,4,7-8H2,2H3. The first-order valence-electron chi connectivity index (χ1n) is 4.72. The van der Waals surface area contributed by atoms with Gasteiger partial charge in [0.2, 0.25) is 0 Å². The summed E-state index contributed by atoms with van der Waals surface area (Å²) in [5.41, 5.74) is 0. The third-order valence-corrected chi connectivity index (χ3v) is 2.13. The lowest BCUT2D eigenvalue weighted by Crippen LogP contribution is -2.28. The number of halogens is 1. The normalized spacial score (nSPS) is 12.7. The maximum atomic E-state index is 5.65. The summed E-state index contributed by atoms with van der Waals surface area (Å²) in [5.74, 6) is 0. The Morgan fingerprint density at radius 2 is 2.50 bits per heavy atom. The van der Waals surface area contributed by atoms with Gasteiger partial charge >= 0.3 is 0 Å². The average molecular weight is 214 g/mol. The fourth-order valence-corrected chi connectivity index (χ4v) is 1.22. The fourth-order valence-electron chi connectivity index (χ4n) is 1.15. The van der Waals surface area contributed by atoms with E-state index in [1.165, 1.54) is 0 Å². The Labute approximate surface area is 89.8 Å². The second kappa shape index (κ2) is 5.83. The van der Waals surface area contributed by atoms with E-state index in [1.807, 2.05) is 16.9 Å². The topological polar surface area (TPSA) is 29.9 Å². The highest BCUT2D eigenvalue weighted by atomic mass is 35.5. The van der Waals surface area contributed by atoms with Crippen LogP contribution in [0.4, 0.5) is 0 Å². The van der Waals surface area contributed by atoms with Gasteiger partial charge < -0.3 is 5.32 Å². The minimum absolute atomic E-state index is 0.426. The first kappa shape index (κ1) is 11.3. The molecule has 0 saturated heterocycles. The third kappa shape index (κ3) is 4.44. The molecule has 1 rings (SSSR count). The largest absolute Gasteiger partial charge is 0.309 e. The molecule has 0 aliphatic carbocycles. The number of nitrogens with one attached hydrogen (secondary N) is 1. The molecule has 0 fully saturated rings. The summed E-state index contributed by atoms with van der Waals surface area (Å²) < 4.78 is 1.92. The molecule has 1 N–H and O–H groups in total. The van der Waals surface area contributed by atoms with E-state index < -0.39 is 0 Å². The van der Waals surface area contributed by atoms with Crippen molar-refractivity contribution in [3.8, 4) is 0 Å². The fraction of sp³-hybridized carbons (Fsp3) is 0.500. The van der Waals surface area contributed by atoms with Crippen molar-refractivity contribution in [3.63, 3.8) is 0 Å². The first-order valence-corrected chi connectivity index (χ1v) is 5.10. The molecular formula is C10H16ClN3. The van der Waals surface area contributed by atoms with Crippen molar-refractivity contribution in [1.29, 1.82) is 0 Å². The molecule has 1 heterocycles. The van der Waals surface area contributed by atoms with E-state index in [-0.39, 0.29) is 0 Å². The molecule has 78 valence electrons.